The zero-order valence-corrected chi connectivity index (χ0v) is 9.21. The standard InChI is InChI=1S/C10H7ClF2N2O2/c11-3-5-1-6(10(12)13)8(4-14)15-7(5)2-9(16)17/h1,10H,2-3H2,(H,16,17). The Hall–Kier alpha value is -1.74. The van der Waals surface area contributed by atoms with Crippen LogP contribution >= 0.6 is 11.6 Å². The molecule has 7 heteroatoms. The first-order chi connectivity index (χ1) is 7.99. The Kier molecular flexibility index (Phi) is 4.35. The van der Waals surface area contributed by atoms with Crippen LogP contribution in [0, 0.1) is 11.3 Å². The molecule has 4 nitrogen and oxygen atoms in total. The molecule has 0 aliphatic heterocycles. The van der Waals surface area contributed by atoms with Crippen LogP contribution in [-0.4, -0.2) is 16.1 Å². The number of aromatic nitrogens is 1. The van der Waals surface area contributed by atoms with Crippen LogP contribution in [0.25, 0.3) is 0 Å². The second-order valence-corrected chi connectivity index (χ2v) is 3.42. The van der Waals surface area contributed by atoms with Crippen molar-refractivity contribution in [2.24, 2.45) is 0 Å². The topological polar surface area (TPSA) is 74.0 Å². The van der Waals surface area contributed by atoms with Gasteiger partial charge in [0.05, 0.1) is 17.7 Å². The molecule has 0 saturated heterocycles. The summed E-state index contributed by atoms with van der Waals surface area (Å²) < 4.78 is 25.1. The SMILES string of the molecule is N#Cc1nc(CC(=O)O)c(CCl)cc1C(F)F. The van der Waals surface area contributed by atoms with Gasteiger partial charge in [-0.2, -0.15) is 5.26 Å². The van der Waals surface area contributed by atoms with Gasteiger partial charge in [-0.3, -0.25) is 4.79 Å². The summed E-state index contributed by atoms with van der Waals surface area (Å²) in [5, 5.41) is 17.3. The summed E-state index contributed by atoms with van der Waals surface area (Å²) in [7, 11) is 0. The fourth-order valence-electron chi connectivity index (χ4n) is 1.28. The van der Waals surface area contributed by atoms with Crippen LogP contribution in [0.1, 0.15) is 28.9 Å². The molecule has 1 aromatic heterocycles. The minimum Gasteiger partial charge on any atom is -0.481 e. The molecule has 0 atom stereocenters. The van der Waals surface area contributed by atoms with E-state index in [0.29, 0.717) is 0 Å². The second kappa shape index (κ2) is 5.55. The molecule has 0 radical (unpaired) electrons. The van der Waals surface area contributed by atoms with E-state index in [2.05, 4.69) is 4.98 Å². The first-order valence-corrected chi connectivity index (χ1v) is 5.01. The number of aliphatic carboxylic acids is 1. The van der Waals surface area contributed by atoms with Crippen molar-refractivity contribution in [2.75, 3.05) is 0 Å². The maximum atomic E-state index is 12.6. The zero-order chi connectivity index (χ0) is 13.0. The number of carbonyl (C=O) groups is 1. The molecule has 0 bridgehead atoms. The Morgan fingerprint density at radius 1 is 1.65 bits per heavy atom. The molecule has 1 rings (SSSR count). The third-order valence-corrected chi connectivity index (χ3v) is 2.31. The third kappa shape index (κ3) is 3.11. The fraction of sp³-hybridized carbons (Fsp3) is 0.300. The fourth-order valence-corrected chi connectivity index (χ4v) is 1.51. The monoisotopic (exact) mass is 260 g/mol. The van der Waals surface area contributed by atoms with Gasteiger partial charge in [0.15, 0.2) is 0 Å². The largest absolute Gasteiger partial charge is 0.481 e. The van der Waals surface area contributed by atoms with E-state index in [9.17, 15) is 13.6 Å². The number of hydrogen-bond acceptors (Lipinski definition) is 3. The van der Waals surface area contributed by atoms with E-state index < -0.39 is 30.1 Å². The van der Waals surface area contributed by atoms with Gasteiger partial charge in [-0.05, 0) is 11.6 Å². The van der Waals surface area contributed by atoms with E-state index in [-0.39, 0.29) is 17.1 Å². The van der Waals surface area contributed by atoms with E-state index in [0.717, 1.165) is 6.07 Å². The van der Waals surface area contributed by atoms with Crippen LogP contribution in [0.3, 0.4) is 0 Å². The van der Waals surface area contributed by atoms with Crippen molar-refractivity contribution in [1.29, 1.82) is 5.26 Å². The predicted molar refractivity (Wildman–Crippen MR) is 54.8 cm³/mol. The first kappa shape index (κ1) is 13.3. The highest BCUT2D eigenvalue weighted by Crippen LogP contribution is 2.25. The van der Waals surface area contributed by atoms with Crippen LogP contribution in [0.4, 0.5) is 8.78 Å². The third-order valence-electron chi connectivity index (χ3n) is 2.02. The molecule has 0 fully saturated rings. The minimum absolute atomic E-state index is 0.0356. The van der Waals surface area contributed by atoms with E-state index in [1.165, 1.54) is 6.07 Å². The van der Waals surface area contributed by atoms with Gasteiger partial charge in [0.2, 0.25) is 0 Å². The molecule has 0 aromatic carbocycles. The quantitative estimate of drug-likeness (QED) is 0.843. The number of carboxylic acids is 1. The summed E-state index contributed by atoms with van der Waals surface area (Å²) in [4.78, 5) is 14.2. The molecular weight excluding hydrogens is 254 g/mol. The average Bonchev–Trinajstić information content (AvgIpc) is 2.27. The molecule has 1 N–H and O–H groups in total. The Labute approximate surface area is 100 Å². The maximum Gasteiger partial charge on any atom is 0.309 e. The number of alkyl halides is 3. The molecule has 0 aliphatic rings. The summed E-state index contributed by atoms with van der Waals surface area (Å²) >= 11 is 5.53. The molecule has 0 unspecified atom stereocenters. The number of hydrogen-bond donors (Lipinski definition) is 1. The average molecular weight is 261 g/mol. The van der Waals surface area contributed by atoms with Gasteiger partial charge in [-0.15, -0.1) is 11.6 Å². The summed E-state index contributed by atoms with van der Waals surface area (Å²) in [5.41, 5.74) is -0.765. The zero-order valence-electron chi connectivity index (χ0n) is 8.45. The second-order valence-electron chi connectivity index (χ2n) is 3.15. The highest BCUT2D eigenvalue weighted by Gasteiger charge is 2.19. The van der Waals surface area contributed by atoms with E-state index in [4.69, 9.17) is 22.0 Å². The van der Waals surface area contributed by atoms with Crippen LogP contribution in [-0.2, 0) is 17.1 Å². The molecular formula is C10H7ClF2N2O2. The van der Waals surface area contributed by atoms with Gasteiger partial charge in [0.1, 0.15) is 11.8 Å². The van der Waals surface area contributed by atoms with Crippen LogP contribution in [0.15, 0.2) is 6.07 Å². The summed E-state index contributed by atoms with van der Waals surface area (Å²) in [6, 6.07) is 2.54. The van der Waals surface area contributed by atoms with Crippen molar-refractivity contribution in [3.63, 3.8) is 0 Å². The Bertz CT molecular complexity index is 486. The molecule has 1 heterocycles. The minimum atomic E-state index is -2.85. The van der Waals surface area contributed by atoms with Crippen LogP contribution in [0.5, 0.6) is 0 Å². The van der Waals surface area contributed by atoms with Crippen molar-refractivity contribution in [3.05, 3.63) is 28.6 Å². The van der Waals surface area contributed by atoms with E-state index in [1.54, 1.807) is 0 Å². The van der Waals surface area contributed by atoms with Crippen molar-refractivity contribution in [2.45, 2.75) is 18.7 Å². The van der Waals surface area contributed by atoms with Gasteiger partial charge in [0.25, 0.3) is 6.43 Å². The molecule has 17 heavy (non-hydrogen) atoms. The highest BCUT2D eigenvalue weighted by atomic mass is 35.5. The number of rotatable bonds is 4. The Morgan fingerprint density at radius 3 is 2.71 bits per heavy atom. The first-order valence-electron chi connectivity index (χ1n) is 4.48. The van der Waals surface area contributed by atoms with Gasteiger partial charge in [0, 0.05) is 5.88 Å². The van der Waals surface area contributed by atoms with Gasteiger partial charge >= 0.3 is 5.97 Å². The number of pyridine rings is 1. The summed E-state index contributed by atoms with van der Waals surface area (Å²) in [6.45, 7) is 0. The molecule has 90 valence electrons. The normalized spacial score (nSPS) is 10.3. The van der Waals surface area contributed by atoms with Crippen molar-refractivity contribution in [3.8, 4) is 6.07 Å². The predicted octanol–water partition coefficient (Wildman–Crippen LogP) is 2.26. The lowest BCUT2D eigenvalue weighted by molar-refractivity contribution is -0.136. The number of halogens is 3. The lowest BCUT2D eigenvalue weighted by Crippen LogP contribution is -2.09. The molecule has 0 spiro atoms. The molecule has 1 aromatic rings. The van der Waals surface area contributed by atoms with Crippen molar-refractivity contribution < 1.29 is 18.7 Å². The van der Waals surface area contributed by atoms with Gasteiger partial charge in [-0.1, -0.05) is 0 Å². The molecule has 0 amide bonds. The Balaban J connectivity index is 3.33. The maximum absolute atomic E-state index is 12.6. The summed E-state index contributed by atoms with van der Waals surface area (Å²) in [5.74, 6) is -1.31. The smallest absolute Gasteiger partial charge is 0.309 e. The highest BCUT2D eigenvalue weighted by molar-refractivity contribution is 6.17. The summed E-state index contributed by atoms with van der Waals surface area (Å²) in [6.07, 6.45) is -3.31. The molecule has 0 aliphatic carbocycles. The lowest BCUT2D eigenvalue weighted by atomic mass is 10.1. The van der Waals surface area contributed by atoms with Crippen molar-refractivity contribution in [1.82, 2.24) is 4.98 Å². The number of carboxylic acid groups (broad SMARTS) is 1. The lowest BCUT2D eigenvalue weighted by Gasteiger charge is -2.08. The van der Waals surface area contributed by atoms with E-state index in [1.807, 2.05) is 0 Å². The van der Waals surface area contributed by atoms with Gasteiger partial charge in [-0.25, -0.2) is 13.8 Å². The Morgan fingerprint density at radius 2 is 2.29 bits per heavy atom. The van der Waals surface area contributed by atoms with Crippen molar-refractivity contribution >= 4 is 17.6 Å². The van der Waals surface area contributed by atoms with E-state index >= 15 is 0 Å². The van der Waals surface area contributed by atoms with Crippen LogP contribution in [0.2, 0.25) is 0 Å². The van der Waals surface area contributed by atoms with Gasteiger partial charge < -0.3 is 5.11 Å². The van der Waals surface area contributed by atoms with Crippen LogP contribution < -0.4 is 0 Å². The number of nitrogens with zero attached hydrogens (tertiary/aromatic N) is 2. The molecule has 0 saturated carbocycles. The number of nitriles is 1.